The molecule has 2 rings (SSSR count). The number of carbonyl (C=O) groups excluding carboxylic acids is 2. The Balaban J connectivity index is 2.01. The van der Waals surface area contributed by atoms with E-state index in [1.165, 1.54) is 19.1 Å². The standard InChI is InChI=1S/C16H12BrClN2O5/c1-9(25-16(22)10-2-4-11(17)5-3-10)15(21)19-14-7-6-12(20(23)24)8-13(14)18/h2-9H,1H3,(H,19,21). The molecule has 1 atom stereocenters. The molecular formula is C16H12BrClN2O5. The van der Waals surface area contributed by atoms with Crippen molar-refractivity contribution in [2.45, 2.75) is 13.0 Å². The second-order valence-electron chi connectivity index (χ2n) is 4.96. The lowest BCUT2D eigenvalue weighted by atomic mass is 10.2. The highest BCUT2D eigenvalue weighted by Crippen LogP contribution is 2.26. The van der Waals surface area contributed by atoms with Gasteiger partial charge in [0.05, 0.1) is 21.2 Å². The van der Waals surface area contributed by atoms with Crippen molar-refractivity contribution < 1.29 is 19.2 Å². The molecule has 1 N–H and O–H groups in total. The zero-order valence-corrected chi connectivity index (χ0v) is 15.2. The molecule has 0 heterocycles. The Morgan fingerprint density at radius 3 is 2.44 bits per heavy atom. The van der Waals surface area contributed by atoms with Crippen LogP contribution in [-0.4, -0.2) is 22.9 Å². The van der Waals surface area contributed by atoms with Gasteiger partial charge in [-0.15, -0.1) is 0 Å². The number of hydrogen-bond acceptors (Lipinski definition) is 5. The number of nitro benzene ring substituents is 1. The van der Waals surface area contributed by atoms with Crippen molar-refractivity contribution in [3.05, 3.63) is 67.6 Å². The first kappa shape index (κ1) is 18.9. The quantitative estimate of drug-likeness (QED) is 0.438. The Hall–Kier alpha value is -2.45. The topological polar surface area (TPSA) is 98.5 Å². The molecule has 0 aliphatic rings. The number of halogens is 2. The fourth-order valence-corrected chi connectivity index (χ4v) is 2.31. The second kappa shape index (κ2) is 8.09. The molecule has 0 aliphatic carbocycles. The third-order valence-electron chi connectivity index (χ3n) is 3.15. The van der Waals surface area contributed by atoms with Gasteiger partial charge in [-0.1, -0.05) is 27.5 Å². The first-order valence-corrected chi connectivity index (χ1v) is 8.16. The summed E-state index contributed by atoms with van der Waals surface area (Å²) in [6, 6.07) is 10.1. The molecule has 1 unspecified atom stereocenters. The molecule has 0 bridgehead atoms. The molecule has 9 heteroatoms. The van der Waals surface area contributed by atoms with E-state index >= 15 is 0 Å². The summed E-state index contributed by atoms with van der Waals surface area (Å²) < 4.78 is 5.90. The summed E-state index contributed by atoms with van der Waals surface area (Å²) in [7, 11) is 0. The van der Waals surface area contributed by atoms with E-state index < -0.39 is 22.9 Å². The van der Waals surface area contributed by atoms with Crippen LogP contribution in [-0.2, 0) is 9.53 Å². The largest absolute Gasteiger partial charge is 0.449 e. The van der Waals surface area contributed by atoms with Gasteiger partial charge in [-0.25, -0.2) is 4.79 Å². The third-order valence-corrected chi connectivity index (χ3v) is 4.00. The van der Waals surface area contributed by atoms with E-state index in [-0.39, 0.29) is 16.4 Å². The van der Waals surface area contributed by atoms with E-state index in [0.29, 0.717) is 5.56 Å². The van der Waals surface area contributed by atoms with E-state index in [1.807, 2.05) is 0 Å². The van der Waals surface area contributed by atoms with Crippen molar-refractivity contribution in [2.75, 3.05) is 5.32 Å². The molecule has 0 aromatic heterocycles. The maximum atomic E-state index is 12.1. The number of amides is 1. The van der Waals surface area contributed by atoms with Crippen LogP contribution in [0.15, 0.2) is 46.9 Å². The molecule has 2 aromatic rings. The van der Waals surface area contributed by atoms with Crippen LogP contribution in [0.4, 0.5) is 11.4 Å². The number of non-ortho nitro benzene ring substituents is 1. The minimum absolute atomic E-state index is 0.00832. The van der Waals surface area contributed by atoms with Crippen molar-refractivity contribution >= 4 is 50.8 Å². The van der Waals surface area contributed by atoms with Crippen LogP contribution >= 0.6 is 27.5 Å². The Morgan fingerprint density at radius 1 is 1.24 bits per heavy atom. The summed E-state index contributed by atoms with van der Waals surface area (Å²) in [5.41, 5.74) is 0.290. The fraction of sp³-hybridized carbons (Fsp3) is 0.125. The van der Waals surface area contributed by atoms with Crippen LogP contribution in [0.1, 0.15) is 17.3 Å². The normalized spacial score (nSPS) is 11.5. The predicted molar refractivity (Wildman–Crippen MR) is 95.8 cm³/mol. The summed E-state index contributed by atoms with van der Waals surface area (Å²) in [5.74, 6) is -1.26. The number of esters is 1. The van der Waals surface area contributed by atoms with E-state index in [9.17, 15) is 19.7 Å². The Morgan fingerprint density at radius 2 is 1.88 bits per heavy atom. The highest BCUT2D eigenvalue weighted by Gasteiger charge is 2.20. The number of anilines is 1. The van der Waals surface area contributed by atoms with Gasteiger partial charge >= 0.3 is 5.97 Å². The van der Waals surface area contributed by atoms with Crippen LogP contribution in [0, 0.1) is 10.1 Å². The summed E-state index contributed by atoms with van der Waals surface area (Å²) in [6.45, 7) is 1.41. The molecule has 0 aliphatic heterocycles. The molecule has 130 valence electrons. The highest BCUT2D eigenvalue weighted by atomic mass is 79.9. The molecule has 0 radical (unpaired) electrons. The van der Waals surface area contributed by atoms with Crippen molar-refractivity contribution in [1.82, 2.24) is 0 Å². The number of nitro groups is 1. The minimum atomic E-state index is -1.08. The van der Waals surface area contributed by atoms with Crippen LogP contribution < -0.4 is 5.32 Å². The van der Waals surface area contributed by atoms with Gasteiger partial charge in [0, 0.05) is 16.6 Å². The molecule has 0 saturated heterocycles. The van der Waals surface area contributed by atoms with Gasteiger partial charge in [0.25, 0.3) is 11.6 Å². The van der Waals surface area contributed by atoms with Gasteiger partial charge in [0.2, 0.25) is 0 Å². The number of nitrogens with one attached hydrogen (secondary N) is 1. The summed E-state index contributed by atoms with van der Waals surface area (Å²) in [6.07, 6.45) is -1.08. The van der Waals surface area contributed by atoms with Crippen LogP contribution in [0.5, 0.6) is 0 Å². The molecule has 0 saturated carbocycles. The minimum Gasteiger partial charge on any atom is -0.449 e. The highest BCUT2D eigenvalue weighted by molar-refractivity contribution is 9.10. The molecular weight excluding hydrogens is 416 g/mol. The number of hydrogen-bond donors (Lipinski definition) is 1. The van der Waals surface area contributed by atoms with Gasteiger partial charge in [-0.2, -0.15) is 0 Å². The van der Waals surface area contributed by atoms with Crippen molar-refractivity contribution in [2.24, 2.45) is 0 Å². The molecule has 0 spiro atoms. The maximum Gasteiger partial charge on any atom is 0.338 e. The zero-order valence-electron chi connectivity index (χ0n) is 12.9. The summed E-state index contributed by atoms with van der Waals surface area (Å²) in [5, 5.41) is 13.1. The van der Waals surface area contributed by atoms with Crippen molar-refractivity contribution in [1.29, 1.82) is 0 Å². The number of nitrogens with zero attached hydrogens (tertiary/aromatic N) is 1. The van der Waals surface area contributed by atoms with Crippen LogP contribution in [0.2, 0.25) is 5.02 Å². The third kappa shape index (κ3) is 5.01. The van der Waals surface area contributed by atoms with Gasteiger partial charge in [-0.3, -0.25) is 14.9 Å². The zero-order chi connectivity index (χ0) is 18.6. The number of ether oxygens (including phenoxy) is 1. The summed E-state index contributed by atoms with van der Waals surface area (Å²) in [4.78, 5) is 34.2. The SMILES string of the molecule is CC(OC(=O)c1ccc(Br)cc1)C(=O)Nc1ccc([N+](=O)[O-])cc1Cl. The number of carbonyl (C=O) groups is 2. The lowest BCUT2D eigenvalue weighted by molar-refractivity contribution is -0.384. The van der Waals surface area contributed by atoms with Crippen LogP contribution in [0.25, 0.3) is 0 Å². The van der Waals surface area contributed by atoms with E-state index in [2.05, 4.69) is 21.2 Å². The van der Waals surface area contributed by atoms with Crippen molar-refractivity contribution in [3.63, 3.8) is 0 Å². The van der Waals surface area contributed by atoms with Gasteiger partial charge in [0.1, 0.15) is 0 Å². The molecule has 0 fully saturated rings. The molecule has 25 heavy (non-hydrogen) atoms. The van der Waals surface area contributed by atoms with E-state index in [4.69, 9.17) is 16.3 Å². The fourth-order valence-electron chi connectivity index (χ4n) is 1.82. The average Bonchev–Trinajstić information content (AvgIpc) is 2.56. The predicted octanol–water partition coefficient (Wildman–Crippen LogP) is 4.19. The lowest BCUT2D eigenvalue weighted by Crippen LogP contribution is -2.30. The van der Waals surface area contributed by atoms with E-state index in [1.54, 1.807) is 24.3 Å². The van der Waals surface area contributed by atoms with Crippen LogP contribution in [0.3, 0.4) is 0 Å². The lowest BCUT2D eigenvalue weighted by Gasteiger charge is -2.14. The molecule has 1 amide bonds. The Labute approximate surface area is 156 Å². The average molecular weight is 428 g/mol. The Bertz CT molecular complexity index is 826. The van der Waals surface area contributed by atoms with Gasteiger partial charge in [0.15, 0.2) is 6.10 Å². The molecule has 7 nitrogen and oxygen atoms in total. The smallest absolute Gasteiger partial charge is 0.338 e. The second-order valence-corrected chi connectivity index (χ2v) is 6.29. The van der Waals surface area contributed by atoms with Gasteiger partial charge < -0.3 is 10.1 Å². The number of rotatable bonds is 5. The van der Waals surface area contributed by atoms with Gasteiger partial charge in [-0.05, 0) is 37.3 Å². The first-order chi connectivity index (χ1) is 11.8. The molecule has 2 aromatic carbocycles. The summed E-state index contributed by atoms with van der Waals surface area (Å²) >= 11 is 9.16. The maximum absolute atomic E-state index is 12.1. The van der Waals surface area contributed by atoms with Crippen molar-refractivity contribution in [3.8, 4) is 0 Å². The monoisotopic (exact) mass is 426 g/mol. The number of benzene rings is 2. The first-order valence-electron chi connectivity index (χ1n) is 6.99. The van der Waals surface area contributed by atoms with E-state index in [0.717, 1.165) is 10.5 Å². The Kier molecular flexibility index (Phi) is 6.11.